The van der Waals surface area contributed by atoms with Crippen molar-refractivity contribution in [2.75, 3.05) is 0 Å². The lowest BCUT2D eigenvalue weighted by molar-refractivity contribution is -0.385. The van der Waals surface area contributed by atoms with Crippen molar-refractivity contribution in [2.45, 2.75) is 18.9 Å². The van der Waals surface area contributed by atoms with E-state index in [1.54, 1.807) is 0 Å². The van der Waals surface area contributed by atoms with Crippen LogP contribution in [0.1, 0.15) is 30.1 Å². The minimum absolute atomic E-state index is 0.0877. The van der Waals surface area contributed by atoms with Crippen LogP contribution < -0.4 is 0 Å². The van der Waals surface area contributed by atoms with Gasteiger partial charge in [0, 0.05) is 30.7 Å². The first-order valence-electron chi connectivity index (χ1n) is 7.40. The van der Waals surface area contributed by atoms with E-state index in [0.717, 1.165) is 0 Å². The summed E-state index contributed by atoms with van der Waals surface area (Å²) in [6.07, 6.45) is -0.330. The van der Waals surface area contributed by atoms with Crippen LogP contribution in [0.25, 0.3) is 0 Å². The third-order valence-electron chi connectivity index (χ3n) is 3.44. The first-order valence-corrected chi connectivity index (χ1v) is 7.40. The Morgan fingerprint density at radius 3 is 1.64 bits per heavy atom. The lowest BCUT2D eigenvalue weighted by atomic mass is 10.0. The average Bonchev–Trinajstić information content (AvgIpc) is 2.60. The SMILES string of the molecule is [CH2]CCC(=O)OC(c1ccc([N+](=O)[O-])cc1)c1ccc([N+](=O)[O-])cc1. The Bertz CT molecular complexity index is 713. The zero-order chi connectivity index (χ0) is 18.4. The molecule has 0 spiro atoms. The molecule has 0 aliphatic rings. The fraction of sp³-hybridized carbons (Fsp3) is 0.176. The van der Waals surface area contributed by atoms with Crippen molar-refractivity contribution in [1.29, 1.82) is 0 Å². The number of hydrogen-bond acceptors (Lipinski definition) is 6. The molecule has 0 unspecified atom stereocenters. The number of benzene rings is 2. The molecule has 2 rings (SSSR count). The molecule has 0 bridgehead atoms. The van der Waals surface area contributed by atoms with Gasteiger partial charge in [-0.25, -0.2) is 0 Å². The van der Waals surface area contributed by atoms with Crippen LogP contribution in [-0.2, 0) is 9.53 Å². The van der Waals surface area contributed by atoms with Gasteiger partial charge < -0.3 is 4.74 Å². The molecule has 2 aromatic carbocycles. The molecule has 2 aromatic rings. The minimum Gasteiger partial charge on any atom is -0.453 e. The van der Waals surface area contributed by atoms with Crippen LogP contribution in [0.3, 0.4) is 0 Å². The molecule has 0 aliphatic heterocycles. The van der Waals surface area contributed by atoms with E-state index in [0.29, 0.717) is 17.5 Å². The normalized spacial score (nSPS) is 10.5. The number of rotatable bonds is 7. The van der Waals surface area contributed by atoms with Gasteiger partial charge in [-0.3, -0.25) is 25.0 Å². The summed E-state index contributed by atoms with van der Waals surface area (Å²) in [5, 5.41) is 21.5. The number of hydrogen-bond donors (Lipinski definition) is 0. The number of ether oxygens (including phenoxy) is 1. The first-order chi connectivity index (χ1) is 11.9. The van der Waals surface area contributed by atoms with Gasteiger partial charge in [-0.15, -0.1) is 0 Å². The molecule has 25 heavy (non-hydrogen) atoms. The number of nitrogens with zero attached hydrogens (tertiary/aromatic N) is 2. The van der Waals surface area contributed by atoms with E-state index in [1.165, 1.54) is 48.5 Å². The van der Waals surface area contributed by atoms with Gasteiger partial charge in [0.2, 0.25) is 0 Å². The summed E-state index contributed by atoms with van der Waals surface area (Å²) in [5.74, 6) is -0.475. The Morgan fingerprint density at radius 1 is 0.920 bits per heavy atom. The predicted molar refractivity (Wildman–Crippen MR) is 88.7 cm³/mol. The highest BCUT2D eigenvalue weighted by Gasteiger charge is 2.20. The van der Waals surface area contributed by atoms with Gasteiger partial charge in [0.05, 0.1) is 9.85 Å². The molecule has 0 N–H and O–H groups in total. The lowest BCUT2D eigenvalue weighted by Gasteiger charge is -2.18. The molecule has 1 radical (unpaired) electrons. The number of nitro benzene ring substituents is 2. The van der Waals surface area contributed by atoms with Gasteiger partial charge in [-0.1, -0.05) is 6.92 Å². The molecule has 0 amide bonds. The maximum Gasteiger partial charge on any atom is 0.306 e. The summed E-state index contributed by atoms with van der Waals surface area (Å²) in [7, 11) is 0. The number of non-ortho nitro benzene ring substituents is 2. The first kappa shape index (κ1) is 18.1. The summed E-state index contributed by atoms with van der Waals surface area (Å²) >= 11 is 0. The van der Waals surface area contributed by atoms with Crippen LogP contribution >= 0.6 is 0 Å². The fourth-order valence-corrected chi connectivity index (χ4v) is 2.20. The Morgan fingerprint density at radius 2 is 1.32 bits per heavy atom. The largest absolute Gasteiger partial charge is 0.453 e. The second-order valence-corrected chi connectivity index (χ2v) is 5.17. The quantitative estimate of drug-likeness (QED) is 0.430. The molecule has 8 heteroatoms. The molecule has 0 saturated heterocycles. The maximum absolute atomic E-state index is 11.9. The van der Waals surface area contributed by atoms with Crippen LogP contribution in [-0.4, -0.2) is 15.8 Å². The van der Waals surface area contributed by atoms with E-state index in [4.69, 9.17) is 4.74 Å². The van der Waals surface area contributed by atoms with Crippen molar-refractivity contribution in [3.8, 4) is 0 Å². The van der Waals surface area contributed by atoms with E-state index < -0.39 is 21.9 Å². The zero-order valence-corrected chi connectivity index (χ0v) is 13.2. The topological polar surface area (TPSA) is 113 Å². The summed E-state index contributed by atoms with van der Waals surface area (Å²) < 4.78 is 5.45. The Hall–Kier alpha value is -3.29. The Labute approximate surface area is 143 Å². The van der Waals surface area contributed by atoms with Crippen LogP contribution in [0.2, 0.25) is 0 Å². The van der Waals surface area contributed by atoms with Crippen molar-refractivity contribution in [1.82, 2.24) is 0 Å². The molecule has 0 fully saturated rings. The Kier molecular flexibility index (Phi) is 5.78. The molecule has 0 heterocycles. The molecule has 8 nitrogen and oxygen atoms in total. The number of carbonyl (C=O) groups excluding carboxylic acids is 1. The third-order valence-corrected chi connectivity index (χ3v) is 3.44. The summed E-state index contributed by atoms with van der Waals surface area (Å²) in [6, 6.07) is 11.2. The predicted octanol–water partition coefficient (Wildman–Crippen LogP) is 3.75. The molecular weight excluding hydrogens is 328 g/mol. The minimum atomic E-state index is -0.819. The van der Waals surface area contributed by atoms with Gasteiger partial charge in [0.25, 0.3) is 11.4 Å². The smallest absolute Gasteiger partial charge is 0.306 e. The molecule has 0 aromatic heterocycles. The van der Waals surface area contributed by atoms with E-state index in [-0.39, 0.29) is 17.8 Å². The van der Waals surface area contributed by atoms with E-state index in [2.05, 4.69) is 6.92 Å². The van der Waals surface area contributed by atoms with Crippen LogP contribution in [0.5, 0.6) is 0 Å². The summed E-state index contributed by atoms with van der Waals surface area (Å²) in [6.45, 7) is 3.59. The molecule has 0 aliphatic carbocycles. The van der Waals surface area contributed by atoms with E-state index >= 15 is 0 Å². The van der Waals surface area contributed by atoms with E-state index in [9.17, 15) is 25.0 Å². The van der Waals surface area contributed by atoms with Crippen LogP contribution in [0.15, 0.2) is 48.5 Å². The summed E-state index contributed by atoms with van der Waals surface area (Å²) in [5.41, 5.74) is 0.874. The monoisotopic (exact) mass is 343 g/mol. The average molecular weight is 343 g/mol. The van der Waals surface area contributed by atoms with Crippen LogP contribution in [0.4, 0.5) is 11.4 Å². The number of nitro groups is 2. The van der Waals surface area contributed by atoms with Crippen molar-refractivity contribution in [3.05, 3.63) is 86.8 Å². The highest BCUT2D eigenvalue weighted by atomic mass is 16.6. The van der Waals surface area contributed by atoms with Crippen LogP contribution in [0, 0.1) is 27.2 Å². The highest BCUT2D eigenvalue weighted by molar-refractivity contribution is 5.70. The van der Waals surface area contributed by atoms with E-state index in [1.807, 2.05) is 0 Å². The third kappa shape index (κ3) is 4.60. The number of esters is 1. The maximum atomic E-state index is 11.9. The second kappa shape index (κ2) is 8.00. The highest BCUT2D eigenvalue weighted by Crippen LogP contribution is 2.29. The molecule has 0 saturated carbocycles. The van der Waals surface area contributed by atoms with Gasteiger partial charge in [0.15, 0.2) is 6.10 Å². The summed E-state index contributed by atoms with van der Waals surface area (Å²) in [4.78, 5) is 32.3. The van der Waals surface area contributed by atoms with Crippen molar-refractivity contribution < 1.29 is 19.4 Å². The molecular formula is C17H15N2O6. The van der Waals surface area contributed by atoms with Gasteiger partial charge in [0.1, 0.15) is 0 Å². The van der Waals surface area contributed by atoms with Gasteiger partial charge in [-0.2, -0.15) is 0 Å². The Balaban J connectivity index is 2.36. The van der Waals surface area contributed by atoms with Crippen molar-refractivity contribution >= 4 is 17.3 Å². The standard InChI is InChI=1S/C17H15N2O6/c1-2-3-16(20)25-17(12-4-8-14(9-5-12)18(21)22)13-6-10-15(11-7-13)19(23)24/h4-11,17H,1-3H2. The zero-order valence-electron chi connectivity index (χ0n) is 13.2. The van der Waals surface area contributed by atoms with Gasteiger partial charge >= 0.3 is 5.97 Å². The second-order valence-electron chi connectivity index (χ2n) is 5.17. The molecule has 129 valence electrons. The fourth-order valence-electron chi connectivity index (χ4n) is 2.20. The lowest BCUT2D eigenvalue weighted by Crippen LogP contribution is -2.12. The van der Waals surface area contributed by atoms with Gasteiger partial charge in [-0.05, 0) is 41.8 Å². The molecule has 0 atom stereocenters. The number of carbonyl (C=O) groups is 1. The van der Waals surface area contributed by atoms with Crippen molar-refractivity contribution in [3.63, 3.8) is 0 Å². The van der Waals surface area contributed by atoms with Crippen molar-refractivity contribution in [2.24, 2.45) is 0 Å².